The van der Waals surface area contributed by atoms with E-state index in [9.17, 15) is 22.9 Å². The molecule has 2 N–H and O–H groups in total. The number of nitrogens with zero attached hydrogens (tertiary/aromatic N) is 4. The third-order valence-corrected chi connectivity index (χ3v) is 12.6. The van der Waals surface area contributed by atoms with Crippen LogP contribution >= 0.6 is 11.3 Å². The number of urea groups is 1. The first-order valence-electron chi connectivity index (χ1n) is 17.6. The molecule has 0 saturated heterocycles. The van der Waals surface area contributed by atoms with Crippen molar-refractivity contribution in [1.82, 2.24) is 24.8 Å². The van der Waals surface area contributed by atoms with Gasteiger partial charge in [-0.1, -0.05) is 88.2 Å². The molecule has 0 spiro atoms. The number of rotatable bonds is 19. The van der Waals surface area contributed by atoms with E-state index in [0.29, 0.717) is 43.8 Å². The average Bonchev–Trinajstić information content (AvgIpc) is 3.55. The molecule has 1 aliphatic carbocycles. The molecular formula is C37H52N6O5S2. The third kappa shape index (κ3) is 10.9. The second-order valence-electron chi connectivity index (χ2n) is 13.8. The van der Waals surface area contributed by atoms with Crippen LogP contribution in [0.5, 0.6) is 0 Å². The van der Waals surface area contributed by atoms with Crippen molar-refractivity contribution in [3.8, 4) is 0 Å². The van der Waals surface area contributed by atoms with Crippen molar-refractivity contribution in [1.29, 1.82) is 0 Å². The lowest BCUT2D eigenvalue weighted by Gasteiger charge is -2.33. The van der Waals surface area contributed by atoms with Crippen LogP contribution in [-0.4, -0.2) is 66.8 Å². The molecule has 50 heavy (non-hydrogen) atoms. The highest BCUT2D eigenvalue weighted by atomic mass is 32.2. The summed E-state index contributed by atoms with van der Waals surface area (Å²) < 4.78 is 29.5. The zero-order valence-electron chi connectivity index (χ0n) is 29.9. The maximum Gasteiger partial charge on any atom is 0.318 e. The Morgan fingerprint density at radius 1 is 1.02 bits per heavy atom. The number of thiazole rings is 1. The second-order valence-corrected chi connectivity index (χ2v) is 16.6. The smallest absolute Gasteiger partial charge is 0.318 e. The predicted molar refractivity (Wildman–Crippen MR) is 198 cm³/mol. The van der Waals surface area contributed by atoms with Crippen LogP contribution in [0, 0.1) is 16.7 Å². The van der Waals surface area contributed by atoms with Gasteiger partial charge in [-0.3, -0.25) is 4.79 Å². The molecule has 13 heteroatoms. The molecule has 1 heterocycles. The highest BCUT2D eigenvalue weighted by molar-refractivity contribution is 7.89. The van der Waals surface area contributed by atoms with Crippen LogP contribution < -0.4 is 10.6 Å². The van der Waals surface area contributed by atoms with E-state index in [0.717, 1.165) is 35.5 Å². The van der Waals surface area contributed by atoms with Crippen molar-refractivity contribution in [2.45, 2.75) is 102 Å². The van der Waals surface area contributed by atoms with Gasteiger partial charge in [0, 0.05) is 37.5 Å². The zero-order valence-corrected chi connectivity index (χ0v) is 31.5. The van der Waals surface area contributed by atoms with Gasteiger partial charge >= 0.3 is 6.03 Å². The summed E-state index contributed by atoms with van der Waals surface area (Å²) in [6, 6.07) is 14.5. The van der Waals surface area contributed by atoms with Crippen molar-refractivity contribution < 1.29 is 18.0 Å². The second kappa shape index (κ2) is 18.5. The number of carbonyl (C=O) groups excluding carboxylic acids is 2. The van der Waals surface area contributed by atoms with Crippen LogP contribution in [0.1, 0.15) is 87.5 Å². The Kier molecular flexibility index (Phi) is 14.5. The molecule has 0 radical (unpaired) electrons. The highest BCUT2D eigenvalue weighted by Gasteiger charge is 2.32. The van der Waals surface area contributed by atoms with Crippen LogP contribution in [0.3, 0.4) is 0 Å². The summed E-state index contributed by atoms with van der Waals surface area (Å²) in [7, 11) is -2.15. The van der Waals surface area contributed by atoms with Crippen LogP contribution in [0.15, 0.2) is 70.0 Å². The van der Waals surface area contributed by atoms with Crippen molar-refractivity contribution in [2.24, 2.45) is 17.0 Å². The summed E-state index contributed by atoms with van der Waals surface area (Å²) in [5, 5.41) is 12.0. The molecule has 3 amide bonds. The predicted octanol–water partition coefficient (Wildman–Crippen LogP) is 6.70. The van der Waals surface area contributed by atoms with Crippen molar-refractivity contribution in [3.05, 3.63) is 86.7 Å². The number of hydrogen-bond donors (Lipinski definition) is 2. The minimum absolute atomic E-state index is 0.0215. The van der Waals surface area contributed by atoms with Gasteiger partial charge in [0.05, 0.1) is 22.1 Å². The fourth-order valence-corrected chi connectivity index (χ4v) is 8.26. The molecule has 4 rings (SSSR count). The monoisotopic (exact) mass is 724 g/mol. The Morgan fingerprint density at radius 3 is 2.30 bits per heavy atom. The molecule has 0 unspecified atom stereocenters. The number of aromatic nitrogens is 1. The molecule has 3 atom stereocenters. The molecule has 272 valence electrons. The molecule has 1 fully saturated rings. The molecule has 3 aromatic rings. The van der Waals surface area contributed by atoms with Gasteiger partial charge in [-0.25, -0.2) is 18.2 Å². The van der Waals surface area contributed by atoms with Gasteiger partial charge in [0.15, 0.2) is 0 Å². The van der Waals surface area contributed by atoms with Gasteiger partial charge in [-0.2, -0.15) is 9.21 Å². The summed E-state index contributed by atoms with van der Waals surface area (Å²) in [6.07, 6.45) is 4.59. The quantitative estimate of drug-likeness (QED) is 0.132. The van der Waals surface area contributed by atoms with E-state index in [4.69, 9.17) is 0 Å². The van der Waals surface area contributed by atoms with E-state index in [-0.39, 0.29) is 41.8 Å². The summed E-state index contributed by atoms with van der Waals surface area (Å²) in [5.74, 6) is 0.141. The first kappa shape index (κ1) is 39.1. The third-order valence-electron chi connectivity index (χ3n) is 9.48. The van der Waals surface area contributed by atoms with E-state index in [1.165, 1.54) is 17.0 Å². The molecule has 0 aliphatic heterocycles. The largest absolute Gasteiger partial charge is 0.351 e. The minimum Gasteiger partial charge on any atom is -0.351 e. The van der Waals surface area contributed by atoms with Crippen LogP contribution in [0.2, 0.25) is 0 Å². The van der Waals surface area contributed by atoms with Gasteiger partial charge in [0.2, 0.25) is 15.9 Å². The first-order chi connectivity index (χ1) is 23.9. The first-order valence-corrected chi connectivity index (χ1v) is 19.9. The Bertz CT molecular complexity index is 1640. The lowest BCUT2D eigenvalue weighted by Crippen LogP contribution is -2.55. The van der Waals surface area contributed by atoms with Crippen LogP contribution in [0.25, 0.3) is 0 Å². The number of nitroso groups, excluding NO2 is 1. The van der Waals surface area contributed by atoms with Crippen LogP contribution in [-0.2, 0) is 34.3 Å². The Labute approximate surface area is 301 Å². The summed E-state index contributed by atoms with van der Waals surface area (Å²) in [6.45, 7) is 9.00. The molecule has 0 bridgehead atoms. The standard InChI is InChI=1S/C37H52N6O5S2/c1-6-27(4)34(41-37(45)42(5)24-32-25-49-36(40-32)26(2)3)35(44)39-31(21-28-11-8-7-9-12-28)19-20-43(23-30-13-10-14-30)50(47,48)33-17-15-29(16-18-33)22-38-46/h7-9,11-12,15-18,25-27,30-31,34H,6,10,13-14,19-24H2,1-5H3,(H,39,44)(H,41,45)/t27-,31+,34-/m0/s1. The van der Waals surface area contributed by atoms with E-state index >= 15 is 0 Å². The lowest BCUT2D eigenvalue weighted by atomic mass is 9.85. The number of nitrogens with one attached hydrogen (secondary N) is 2. The van der Waals surface area contributed by atoms with Gasteiger partial charge in [-0.15, -0.1) is 11.3 Å². The van der Waals surface area contributed by atoms with E-state index in [1.54, 1.807) is 34.8 Å². The zero-order chi connectivity index (χ0) is 36.3. The average molecular weight is 725 g/mol. The number of hydrogen-bond acceptors (Lipinski definition) is 8. The SMILES string of the molecule is CC[C@H](C)[C@H](NC(=O)N(C)Cc1csc(C(C)C)n1)C(=O)N[C@H](CCN(CC1CCC1)S(=O)(=O)c1ccc(CN=O)cc1)Cc1ccccc1. The molecule has 1 aromatic heterocycles. The summed E-state index contributed by atoms with van der Waals surface area (Å²) in [4.78, 5) is 44.4. The molecule has 1 aliphatic rings. The van der Waals surface area contributed by atoms with E-state index < -0.39 is 22.1 Å². The van der Waals surface area contributed by atoms with E-state index in [2.05, 4.69) is 34.6 Å². The Morgan fingerprint density at radius 2 is 1.72 bits per heavy atom. The minimum atomic E-state index is -3.84. The molecule has 1 saturated carbocycles. The molecule has 2 aromatic carbocycles. The fourth-order valence-electron chi connectivity index (χ4n) is 5.90. The van der Waals surface area contributed by atoms with E-state index in [1.807, 2.05) is 49.6 Å². The van der Waals surface area contributed by atoms with Crippen LogP contribution in [0.4, 0.5) is 4.79 Å². The topological polar surface area (TPSA) is 141 Å². The lowest BCUT2D eigenvalue weighted by molar-refractivity contribution is -0.124. The van der Waals surface area contributed by atoms with Crippen molar-refractivity contribution >= 4 is 33.3 Å². The Hall–Kier alpha value is -3.68. The van der Waals surface area contributed by atoms with Gasteiger partial charge < -0.3 is 15.5 Å². The highest BCUT2D eigenvalue weighted by Crippen LogP contribution is 2.30. The van der Waals surface area contributed by atoms with Gasteiger partial charge in [-0.05, 0) is 60.8 Å². The van der Waals surface area contributed by atoms with Gasteiger partial charge in [0.25, 0.3) is 0 Å². The maximum atomic E-state index is 14.0. The van der Waals surface area contributed by atoms with Crippen molar-refractivity contribution in [2.75, 3.05) is 20.1 Å². The maximum absolute atomic E-state index is 14.0. The van der Waals surface area contributed by atoms with Crippen molar-refractivity contribution in [3.63, 3.8) is 0 Å². The van der Waals surface area contributed by atoms with Gasteiger partial charge in [0.1, 0.15) is 12.6 Å². The normalized spacial score (nSPS) is 15.3. The molecule has 11 nitrogen and oxygen atoms in total. The fraction of sp³-hybridized carbons (Fsp3) is 0.541. The number of carbonyl (C=O) groups is 2. The number of sulfonamides is 1. The number of benzene rings is 2. The number of amides is 3. The summed E-state index contributed by atoms with van der Waals surface area (Å²) >= 11 is 1.57. The molecular weight excluding hydrogens is 673 g/mol. The Balaban J connectivity index is 1.50. The summed E-state index contributed by atoms with van der Waals surface area (Å²) in [5.41, 5.74) is 2.46.